The van der Waals surface area contributed by atoms with Gasteiger partial charge >= 0.3 is 11.7 Å². The smallest absolute Gasteiger partial charge is 0.356 e. The molecule has 136 valence electrons. The number of pyridine rings is 2. The van der Waals surface area contributed by atoms with Gasteiger partial charge in [0.1, 0.15) is 11.4 Å². The van der Waals surface area contributed by atoms with Crippen molar-refractivity contribution in [3.63, 3.8) is 0 Å². The Labute approximate surface area is 147 Å². The fraction of sp³-hybridized carbons (Fsp3) is 0.200. The molecule has 2 aromatic heterocycles. The van der Waals surface area contributed by atoms with E-state index in [1.54, 1.807) is 0 Å². The second kappa shape index (κ2) is 7.88. The molecule has 2 rings (SSSR count). The second-order valence-electron chi connectivity index (χ2n) is 4.68. The van der Waals surface area contributed by atoms with Gasteiger partial charge in [0.2, 0.25) is 5.88 Å². The number of hydrogen-bond acceptors (Lipinski definition) is 9. The molecule has 11 nitrogen and oxygen atoms in total. The zero-order valence-corrected chi connectivity index (χ0v) is 14.0. The molecule has 1 amide bonds. The molecular weight excluding hydrogens is 348 g/mol. The molecule has 0 aliphatic rings. The lowest BCUT2D eigenvalue weighted by Crippen LogP contribution is -2.16. The van der Waals surface area contributed by atoms with Gasteiger partial charge in [-0.05, 0) is 18.2 Å². The van der Waals surface area contributed by atoms with Crippen LogP contribution in [0.1, 0.15) is 21.0 Å². The van der Waals surface area contributed by atoms with Crippen molar-refractivity contribution < 1.29 is 28.7 Å². The van der Waals surface area contributed by atoms with E-state index >= 15 is 0 Å². The number of amides is 1. The number of nitrogens with zero attached hydrogens (tertiary/aromatic N) is 3. The predicted molar refractivity (Wildman–Crippen MR) is 87.5 cm³/mol. The Balaban J connectivity index is 2.30. The van der Waals surface area contributed by atoms with Crippen molar-refractivity contribution in [2.45, 2.75) is 0 Å². The topological polar surface area (TPSA) is 143 Å². The summed E-state index contributed by atoms with van der Waals surface area (Å²) in [5, 5.41) is 13.4. The van der Waals surface area contributed by atoms with Gasteiger partial charge in [0.25, 0.3) is 11.8 Å². The Morgan fingerprint density at radius 2 is 1.62 bits per heavy atom. The Bertz CT molecular complexity index is 869. The maximum atomic E-state index is 12.3. The molecule has 2 aromatic rings. The molecule has 1 N–H and O–H groups in total. The lowest BCUT2D eigenvalue weighted by atomic mass is 10.3. The van der Waals surface area contributed by atoms with Crippen LogP contribution in [0.2, 0.25) is 0 Å². The van der Waals surface area contributed by atoms with Gasteiger partial charge in [-0.15, -0.1) is 0 Å². The maximum Gasteiger partial charge on any atom is 0.356 e. The molecule has 26 heavy (non-hydrogen) atoms. The fourth-order valence-electron chi connectivity index (χ4n) is 1.94. The number of carbonyl (C=O) groups is 2. The largest absolute Gasteiger partial charge is 0.479 e. The molecule has 0 aliphatic carbocycles. The number of hydrogen-bond donors (Lipinski definition) is 1. The van der Waals surface area contributed by atoms with E-state index in [-0.39, 0.29) is 34.5 Å². The van der Waals surface area contributed by atoms with Crippen LogP contribution in [0, 0.1) is 10.1 Å². The average molecular weight is 362 g/mol. The summed E-state index contributed by atoms with van der Waals surface area (Å²) >= 11 is 0. The number of anilines is 1. The molecule has 0 saturated heterocycles. The van der Waals surface area contributed by atoms with Crippen LogP contribution < -0.4 is 14.8 Å². The molecule has 0 fully saturated rings. The second-order valence-corrected chi connectivity index (χ2v) is 4.68. The minimum Gasteiger partial charge on any atom is -0.479 e. The normalized spacial score (nSPS) is 9.96. The molecule has 0 saturated carbocycles. The van der Waals surface area contributed by atoms with E-state index in [2.05, 4.69) is 20.0 Å². The summed E-state index contributed by atoms with van der Waals surface area (Å²) < 4.78 is 14.4. The van der Waals surface area contributed by atoms with Crippen molar-refractivity contribution in [3.05, 3.63) is 45.8 Å². The monoisotopic (exact) mass is 362 g/mol. The van der Waals surface area contributed by atoms with Gasteiger partial charge in [0, 0.05) is 6.07 Å². The van der Waals surface area contributed by atoms with Crippen molar-refractivity contribution in [1.82, 2.24) is 9.97 Å². The molecular formula is C15H14N4O7. The van der Waals surface area contributed by atoms with Crippen molar-refractivity contribution >= 4 is 23.3 Å². The van der Waals surface area contributed by atoms with E-state index in [1.807, 2.05) is 0 Å². The molecule has 0 unspecified atom stereocenters. The van der Waals surface area contributed by atoms with Gasteiger partial charge in [-0.3, -0.25) is 14.9 Å². The van der Waals surface area contributed by atoms with Gasteiger partial charge in [0.05, 0.1) is 26.3 Å². The van der Waals surface area contributed by atoms with Crippen LogP contribution in [-0.4, -0.2) is 48.1 Å². The summed E-state index contributed by atoms with van der Waals surface area (Å²) in [7, 11) is 3.72. The number of aromatic nitrogens is 2. The molecule has 0 atom stereocenters. The number of nitrogens with one attached hydrogen (secondary N) is 1. The van der Waals surface area contributed by atoms with Crippen molar-refractivity contribution in [1.29, 1.82) is 0 Å². The summed E-state index contributed by atoms with van der Waals surface area (Å²) in [6, 6.07) is 5.03. The molecule has 0 aromatic carbocycles. The minimum atomic E-state index is -0.677. The summed E-state index contributed by atoms with van der Waals surface area (Å²) in [5.74, 6) is -1.66. The average Bonchev–Trinajstić information content (AvgIpc) is 2.66. The van der Waals surface area contributed by atoms with E-state index in [0.29, 0.717) is 0 Å². The molecule has 11 heteroatoms. The van der Waals surface area contributed by atoms with Crippen LogP contribution in [0.5, 0.6) is 11.8 Å². The fourth-order valence-corrected chi connectivity index (χ4v) is 1.94. The highest BCUT2D eigenvalue weighted by molar-refractivity contribution is 6.04. The lowest BCUT2D eigenvalue weighted by Gasteiger charge is -2.10. The van der Waals surface area contributed by atoms with E-state index in [1.165, 1.54) is 39.5 Å². The number of nitro groups is 1. The first-order chi connectivity index (χ1) is 12.4. The van der Waals surface area contributed by atoms with Crippen molar-refractivity contribution in [3.8, 4) is 11.8 Å². The Morgan fingerprint density at radius 1 is 1.00 bits per heavy atom. The molecule has 0 aliphatic heterocycles. The molecule has 0 radical (unpaired) electrons. The Morgan fingerprint density at radius 3 is 2.19 bits per heavy atom. The highest BCUT2D eigenvalue weighted by atomic mass is 16.6. The Kier molecular flexibility index (Phi) is 5.63. The number of rotatable bonds is 6. The van der Waals surface area contributed by atoms with Gasteiger partial charge in [0.15, 0.2) is 5.69 Å². The number of methoxy groups -OCH3 is 3. The zero-order valence-electron chi connectivity index (χ0n) is 14.0. The van der Waals surface area contributed by atoms with Crippen molar-refractivity contribution in [2.75, 3.05) is 26.6 Å². The van der Waals surface area contributed by atoms with E-state index < -0.39 is 16.8 Å². The van der Waals surface area contributed by atoms with Crippen LogP contribution in [-0.2, 0) is 4.74 Å². The third kappa shape index (κ3) is 3.83. The van der Waals surface area contributed by atoms with Crippen LogP contribution in [0.15, 0.2) is 24.3 Å². The highest BCUT2D eigenvalue weighted by Gasteiger charge is 2.21. The minimum absolute atomic E-state index is 0.00233. The van der Waals surface area contributed by atoms with Crippen LogP contribution in [0.3, 0.4) is 0 Å². The number of ether oxygens (including phenoxy) is 3. The quantitative estimate of drug-likeness (QED) is 0.458. The standard InChI is InChI=1S/C15H14N4O7/c1-24-13-9(4-5-10(18-13)15(21)26-3)16-12(20)8-6-7-11(19(22)23)14(17-8)25-2/h4-7H,1-3H3,(H,16,20). The summed E-state index contributed by atoms with van der Waals surface area (Å²) in [4.78, 5) is 41.8. The van der Waals surface area contributed by atoms with Gasteiger partial charge in [-0.1, -0.05) is 0 Å². The van der Waals surface area contributed by atoms with E-state index in [0.717, 1.165) is 6.07 Å². The van der Waals surface area contributed by atoms with Gasteiger partial charge in [-0.2, -0.15) is 0 Å². The molecule has 0 bridgehead atoms. The third-order valence-corrected chi connectivity index (χ3v) is 3.16. The first-order valence-corrected chi connectivity index (χ1v) is 7.05. The number of esters is 1. The maximum absolute atomic E-state index is 12.3. The lowest BCUT2D eigenvalue weighted by molar-refractivity contribution is -0.386. The predicted octanol–water partition coefficient (Wildman–Crippen LogP) is 1.44. The highest BCUT2D eigenvalue weighted by Crippen LogP contribution is 2.26. The first kappa shape index (κ1) is 18.6. The number of carbonyl (C=O) groups excluding carboxylic acids is 2. The summed E-state index contributed by atoms with van der Waals surface area (Å²) in [6.45, 7) is 0. The van der Waals surface area contributed by atoms with Crippen LogP contribution in [0.25, 0.3) is 0 Å². The first-order valence-electron chi connectivity index (χ1n) is 7.05. The van der Waals surface area contributed by atoms with Crippen LogP contribution >= 0.6 is 0 Å². The Hall–Kier alpha value is -3.76. The SMILES string of the molecule is COC(=O)c1ccc(NC(=O)c2ccc([N+](=O)[O-])c(OC)n2)c(OC)n1. The zero-order chi connectivity index (χ0) is 19.3. The summed E-state index contributed by atoms with van der Waals surface area (Å²) in [5.41, 5.74) is -0.320. The van der Waals surface area contributed by atoms with Gasteiger partial charge < -0.3 is 19.5 Å². The van der Waals surface area contributed by atoms with Crippen molar-refractivity contribution in [2.24, 2.45) is 0 Å². The summed E-state index contributed by atoms with van der Waals surface area (Å²) in [6.07, 6.45) is 0. The molecule has 0 spiro atoms. The molecule has 2 heterocycles. The van der Waals surface area contributed by atoms with E-state index in [9.17, 15) is 19.7 Å². The van der Waals surface area contributed by atoms with E-state index in [4.69, 9.17) is 9.47 Å². The van der Waals surface area contributed by atoms with Gasteiger partial charge in [-0.25, -0.2) is 14.8 Å². The third-order valence-electron chi connectivity index (χ3n) is 3.16. The van der Waals surface area contributed by atoms with Crippen LogP contribution in [0.4, 0.5) is 11.4 Å².